The molecule has 0 aliphatic carbocycles. The van der Waals surface area contributed by atoms with E-state index in [9.17, 15) is 13.2 Å². The van der Waals surface area contributed by atoms with Crippen LogP contribution in [0.25, 0.3) is 0 Å². The first-order valence-electron chi connectivity index (χ1n) is 8.72. The molecule has 2 atom stereocenters. The molecule has 0 aromatic heterocycles. The van der Waals surface area contributed by atoms with Gasteiger partial charge in [0.05, 0.1) is 0 Å². The molecule has 0 saturated carbocycles. The average molecular weight is 417 g/mol. The van der Waals surface area contributed by atoms with E-state index in [4.69, 9.17) is 23.2 Å². The summed E-state index contributed by atoms with van der Waals surface area (Å²) in [6.45, 7) is 2.18. The quantitative estimate of drug-likeness (QED) is 0.658. The normalized spacial score (nSPS) is 21.5. The Morgan fingerprint density at radius 3 is 2.19 bits per heavy atom. The zero-order valence-electron chi connectivity index (χ0n) is 15.1. The van der Waals surface area contributed by atoms with Crippen LogP contribution in [0.15, 0.2) is 42.5 Å². The zero-order valence-corrected chi connectivity index (χ0v) is 16.6. The highest BCUT2D eigenvalue weighted by molar-refractivity contribution is 6.34. The van der Waals surface area contributed by atoms with Crippen molar-refractivity contribution >= 4 is 28.9 Å². The van der Waals surface area contributed by atoms with Crippen molar-refractivity contribution in [1.82, 2.24) is 5.32 Å². The van der Waals surface area contributed by atoms with Crippen LogP contribution >= 0.6 is 23.2 Å². The minimum absolute atomic E-state index is 0.0398. The van der Waals surface area contributed by atoms with Crippen molar-refractivity contribution in [3.05, 3.63) is 63.6 Å². The third-order valence-corrected chi connectivity index (χ3v) is 5.85. The van der Waals surface area contributed by atoms with E-state index >= 15 is 0 Å². The van der Waals surface area contributed by atoms with Crippen LogP contribution in [0, 0.1) is 0 Å². The second-order valence-corrected chi connectivity index (χ2v) is 7.88. The Labute approximate surface area is 167 Å². The number of anilines is 1. The Morgan fingerprint density at radius 2 is 1.67 bits per heavy atom. The summed E-state index contributed by atoms with van der Waals surface area (Å²) in [6, 6.07) is 12.0. The molecule has 2 unspecified atom stereocenters. The Bertz CT molecular complexity index is 788. The highest BCUT2D eigenvalue weighted by atomic mass is 35.5. The minimum atomic E-state index is -4.41. The molecule has 2 nitrogen and oxygen atoms in total. The van der Waals surface area contributed by atoms with E-state index in [0.29, 0.717) is 6.54 Å². The van der Waals surface area contributed by atoms with Crippen LogP contribution in [0.5, 0.6) is 0 Å². The monoisotopic (exact) mass is 416 g/mol. The topological polar surface area (TPSA) is 15.3 Å². The number of rotatable bonds is 4. The molecule has 146 valence electrons. The number of benzene rings is 2. The molecule has 7 heteroatoms. The fourth-order valence-corrected chi connectivity index (χ4v) is 4.16. The van der Waals surface area contributed by atoms with Gasteiger partial charge < -0.3 is 10.2 Å². The fourth-order valence-electron chi connectivity index (χ4n) is 3.63. The molecule has 27 heavy (non-hydrogen) atoms. The largest absolute Gasteiger partial charge is 0.400 e. The van der Waals surface area contributed by atoms with Crippen LogP contribution in [-0.2, 0) is 5.41 Å². The maximum atomic E-state index is 14.1. The number of hydrogen-bond donors (Lipinski definition) is 1. The first-order valence-corrected chi connectivity index (χ1v) is 9.47. The van der Waals surface area contributed by atoms with E-state index in [1.807, 2.05) is 38.2 Å². The summed E-state index contributed by atoms with van der Waals surface area (Å²) < 4.78 is 42.4. The van der Waals surface area contributed by atoms with Crippen LogP contribution in [0.2, 0.25) is 10.0 Å². The number of nitrogens with zero attached hydrogens (tertiary/aromatic N) is 1. The van der Waals surface area contributed by atoms with Gasteiger partial charge in [0, 0.05) is 34.9 Å². The molecule has 1 aliphatic heterocycles. The highest BCUT2D eigenvalue weighted by Gasteiger charge is 2.59. The summed E-state index contributed by atoms with van der Waals surface area (Å²) in [5.41, 5.74) is -0.000693. The van der Waals surface area contributed by atoms with E-state index in [-0.39, 0.29) is 34.6 Å². The first-order chi connectivity index (χ1) is 12.7. The lowest BCUT2D eigenvalue weighted by Crippen LogP contribution is -2.44. The summed E-state index contributed by atoms with van der Waals surface area (Å²) >= 11 is 12.0. The van der Waals surface area contributed by atoms with Gasteiger partial charge in [0.15, 0.2) is 0 Å². The van der Waals surface area contributed by atoms with Crippen molar-refractivity contribution in [2.75, 3.05) is 25.0 Å². The lowest BCUT2D eigenvalue weighted by molar-refractivity contribution is -0.184. The van der Waals surface area contributed by atoms with Gasteiger partial charge in [0.25, 0.3) is 0 Å². The minimum Gasteiger partial charge on any atom is -0.370 e. The van der Waals surface area contributed by atoms with Crippen molar-refractivity contribution in [1.29, 1.82) is 0 Å². The Morgan fingerprint density at radius 1 is 1.07 bits per heavy atom. The molecule has 3 rings (SSSR count). The van der Waals surface area contributed by atoms with E-state index in [0.717, 1.165) is 11.3 Å². The molecule has 1 N–H and O–H groups in total. The van der Waals surface area contributed by atoms with Crippen LogP contribution in [0.3, 0.4) is 0 Å². The fraction of sp³-hybridized carbons (Fsp3) is 0.400. The highest BCUT2D eigenvalue weighted by Crippen LogP contribution is 2.49. The van der Waals surface area contributed by atoms with Gasteiger partial charge in [-0.15, -0.1) is 0 Å². The Kier molecular flexibility index (Phi) is 5.67. The average Bonchev–Trinajstić information content (AvgIpc) is 3.07. The summed E-state index contributed by atoms with van der Waals surface area (Å²) in [4.78, 5) is 1.77. The number of alkyl halides is 3. The molecule has 1 saturated heterocycles. The molecule has 1 fully saturated rings. The molecule has 0 bridgehead atoms. The van der Waals surface area contributed by atoms with Crippen molar-refractivity contribution in [2.45, 2.75) is 31.0 Å². The molecular formula is C20H21Cl2F3N2. The maximum absolute atomic E-state index is 14.1. The second-order valence-electron chi connectivity index (χ2n) is 7.01. The molecule has 0 spiro atoms. The lowest BCUT2D eigenvalue weighted by atomic mass is 9.79. The van der Waals surface area contributed by atoms with E-state index in [1.165, 1.54) is 18.2 Å². The van der Waals surface area contributed by atoms with Crippen molar-refractivity contribution in [3.63, 3.8) is 0 Å². The van der Waals surface area contributed by atoms with E-state index in [1.54, 1.807) is 4.90 Å². The third kappa shape index (κ3) is 3.91. The Balaban J connectivity index is 1.93. The van der Waals surface area contributed by atoms with E-state index < -0.39 is 11.6 Å². The Hall–Kier alpha value is -1.43. The molecule has 2 aromatic rings. The molecule has 1 heterocycles. The summed E-state index contributed by atoms with van der Waals surface area (Å²) in [6.07, 6.45) is -4.45. The van der Waals surface area contributed by atoms with Gasteiger partial charge >= 0.3 is 6.18 Å². The van der Waals surface area contributed by atoms with Gasteiger partial charge in [-0.3, -0.25) is 0 Å². The maximum Gasteiger partial charge on any atom is 0.400 e. The first kappa shape index (κ1) is 20.3. The van der Waals surface area contributed by atoms with Crippen LogP contribution in [0.1, 0.15) is 30.5 Å². The summed E-state index contributed by atoms with van der Waals surface area (Å²) in [5, 5.41) is 3.57. The standard InChI is InChI=1S/C20H21Cl2F3N2/c1-13(26-2)14-3-5-18(6-4-14)27-8-7-19(12-27,20(23,24)25)15-9-16(21)11-17(22)10-15/h3-6,9-11,13,26H,7-8,12H2,1-2H3. The van der Waals surface area contributed by atoms with Gasteiger partial charge in [0.2, 0.25) is 0 Å². The SMILES string of the molecule is CNC(C)c1ccc(N2CCC(c3cc(Cl)cc(Cl)c3)(C(F)(F)F)C2)cc1. The lowest BCUT2D eigenvalue weighted by Gasteiger charge is -2.33. The van der Waals surface area contributed by atoms with Crippen LogP contribution in [0.4, 0.5) is 18.9 Å². The predicted octanol–water partition coefficient (Wildman–Crippen LogP) is 5.98. The number of nitrogens with one attached hydrogen (secondary N) is 1. The molecule has 0 amide bonds. The van der Waals surface area contributed by atoms with Gasteiger partial charge in [-0.05, 0) is 61.9 Å². The number of halogens is 5. The summed E-state index contributed by atoms with van der Waals surface area (Å²) in [7, 11) is 1.87. The van der Waals surface area contributed by atoms with Gasteiger partial charge in [0.1, 0.15) is 5.41 Å². The van der Waals surface area contributed by atoms with Gasteiger partial charge in [-0.1, -0.05) is 35.3 Å². The van der Waals surface area contributed by atoms with Crippen molar-refractivity contribution in [3.8, 4) is 0 Å². The third-order valence-electron chi connectivity index (χ3n) is 5.42. The number of hydrogen-bond acceptors (Lipinski definition) is 2. The van der Waals surface area contributed by atoms with Crippen molar-refractivity contribution < 1.29 is 13.2 Å². The van der Waals surface area contributed by atoms with Gasteiger partial charge in [-0.25, -0.2) is 0 Å². The van der Waals surface area contributed by atoms with E-state index in [2.05, 4.69) is 5.32 Å². The molecule has 2 aromatic carbocycles. The molecule has 1 aliphatic rings. The summed E-state index contributed by atoms with van der Waals surface area (Å²) in [5.74, 6) is 0. The van der Waals surface area contributed by atoms with Crippen LogP contribution < -0.4 is 10.2 Å². The zero-order chi connectivity index (χ0) is 19.8. The smallest absolute Gasteiger partial charge is 0.370 e. The van der Waals surface area contributed by atoms with Crippen LogP contribution in [-0.4, -0.2) is 26.3 Å². The van der Waals surface area contributed by atoms with Gasteiger partial charge in [-0.2, -0.15) is 13.2 Å². The predicted molar refractivity (Wildman–Crippen MR) is 105 cm³/mol. The molecule has 0 radical (unpaired) electrons. The molecular weight excluding hydrogens is 396 g/mol. The second kappa shape index (κ2) is 7.53. The van der Waals surface area contributed by atoms with Crippen molar-refractivity contribution in [2.24, 2.45) is 0 Å².